The first-order chi connectivity index (χ1) is 7.27. The van der Waals surface area contributed by atoms with Crippen LogP contribution in [0.5, 0.6) is 0 Å². The minimum absolute atomic E-state index is 0.0166. The third-order valence-electron chi connectivity index (χ3n) is 3.01. The Kier molecular flexibility index (Phi) is 3.02. The van der Waals surface area contributed by atoms with Gasteiger partial charge in [-0.15, -0.1) is 0 Å². The van der Waals surface area contributed by atoms with Gasteiger partial charge in [-0.05, 0) is 26.3 Å². The monoisotopic (exact) mass is 211 g/mol. The van der Waals surface area contributed by atoms with E-state index in [1.807, 2.05) is 6.92 Å². The summed E-state index contributed by atoms with van der Waals surface area (Å²) < 4.78 is 10.4. The van der Waals surface area contributed by atoms with Gasteiger partial charge in [-0.3, -0.25) is 0 Å². The molecule has 5 heteroatoms. The number of hydrogen-bond acceptors (Lipinski definition) is 5. The molecule has 0 amide bonds. The van der Waals surface area contributed by atoms with Gasteiger partial charge >= 0.3 is 0 Å². The highest BCUT2D eigenvalue weighted by Crippen LogP contribution is 2.32. The number of aryl methyl sites for hydroxylation is 1. The molecule has 0 saturated carbocycles. The second kappa shape index (κ2) is 4.28. The average molecular weight is 211 g/mol. The molecule has 15 heavy (non-hydrogen) atoms. The van der Waals surface area contributed by atoms with Gasteiger partial charge < -0.3 is 14.6 Å². The topological polar surface area (TPSA) is 60.2 Å². The standard InChI is InChI=1S/C10H17N3O2/c1-8-12-9(15-13-8)10(4-6-14-2)3-5-11-7-10/h11H,3-7H2,1-2H3. The molecular formula is C10H17N3O2. The van der Waals surface area contributed by atoms with Crippen LogP contribution in [-0.4, -0.2) is 36.9 Å². The fraction of sp³-hybridized carbons (Fsp3) is 0.800. The van der Waals surface area contributed by atoms with Crippen LogP contribution in [0.4, 0.5) is 0 Å². The van der Waals surface area contributed by atoms with E-state index in [9.17, 15) is 0 Å². The Bertz CT molecular complexity index is 318. The number of methoxy groups -OCH3 is 1. The molecule has 1 atom stereocenters. The second-order valence-corrected chi connectivity index (χ2v) is 4.10. The molecule has 1 aliphatic rings. The molecule has 0 aromatic carbocycles. The Morgan fingerprint density at radius 3 is 3.00 bits per heavy atom. The summed E-state index contributed by atoms with van der Waals surface area (Å²) in [4.78, 5) is 4.34. The van der Waals surface area contributed by atoms with Crippen molar-refractivity contribution in [3.05, 3.63) is 11.7 Å². The lowest BCUT2D eigenvalue weighted by molar-refractivity contribution is 0.157. The maximum atomic E-state index is 5.29. The molecule has 1 N–H and O–H groups in total. The van der Waals surface area contributed by atoms with Gasteiger partial charge in [0.1, 0.15) is 0 Å². The summed E-state index contributed by atoms with van der Waals surface area (Å²) in [5.41, 5.74) is -0.0166. The number of ether oxygens (including phenoxy) is 1. The molecule has 0 spiro atoms. The van der Waals surface area contributed by atoms with Crippen LogP contribution in [0.15, 0.2) is 4.52 Å². The van der Waals surface area contributed by atoms with E-state index in [1.54, 1.807) is 7.11 Å². The maximum Gasteiger partial charge on any atom is 0.234 e. The lowest BCUT2D eigenvalue weighted by Gasteiger charge is -2.22. The Morgan fingerprint density at radius 1 is 1.60 bits per heavy atom. The number of hydrogen-bond donors (Lipinski definition) is 1. The summed E-state index contributed by atoms with van der Waals surface area (Å²) in [6.45, 7) is 4.48. The molecule has 1 aliphatic heterocycles. The van der Waals surface area contributed by atoms with Crippen molar-refractivity contribution in [1.82, 2.24) is 15.5 Å². The van der Waals surface area contributed by atoms with Crippen molar-refractivity contribution in [3.8, 4) is 0 Å². The van der Waals surface area contributed by atoms with E-state index in [0.29, 0.717) is 5.82 Å². The molecule has 0 radical (unpaired) electrons. The van der Waals surface area contributed by atoms with Gasteiger partial charge in [0.2, 0.25) is 5.89 Å². The molecule has 1 unspecified atom stereocenters. The van der Waals surface area contributed by atoms with Crippen LogP contribution in [0.25, 0.3) is 0 Å². The summed E-state index contributed by atoms with van der Waals surface area (Å²) in [7, 11) is 1.72. The van der Waals surface area contributed by atoms with E-state index in [1.165, 1.54) is 0 Å². The van der Waals surface area contributed by atoms with E-state index < -0.39 is 0 Å². The Labute approximate surface area is 89.2 Å². The van der Waals surface area contributed by atoms with Crippen LogP contribution in [0.3, 0.4) is 0 Å². The highest BCUT2D eigenvalue weighted by atomic mass is 16.5. The van der Waals surface area contributed by atoms with E-state index >= 15 is 0 Å². The Morgan fingerprint density at radius 2 is 2.47 bits per heavy atom. The number of rotatable bonds is 4. The van der Waals surface area contributed by atoms with Crippen LogP contribution in [0.2, 0.25) is 0 Å². The summed E-state index contributed by atoms with van der Waals surface area (Å²) in [5, 5.41) is 7.21. The van der Waals surface area contributed by atoms with Crippen molar-refractivity contribution < 1.29 is 9.26 Å². The summed E-state index contributed by atoms with van der Waals surface area (Å²) in [6.07, 6.45) is 1.97. The van der Waals surface area contributed by atoms with Gasteiger partial charge in [-0.1, -0.05) is 5.16 Å². The van der Waals surface area contributed by atoms with Crippen molar-refractivity contribution in [3.63, 3.8) is 0 Å². The molecule has 1 fully saturated rings. The third kappa shape index (κ3) is 2.03. The first-order valence-electron chi connectivity index (χ1n) is 5.27. The van der Waals surface area contributed by atoms with Gasteiger partial charge in [0.05, 0.1) is 5.41 Å². The predicted molar refractivity (Wildman–Crippen MR) is 54.7 cm³/mol. The zero-order chi connectivity index (χ0) is 10.7. The van der Waals surface area contributed by atoms with Crippen LogP contribution in [-0.2, 0) is 10.2 Å². The molecule has 2 heterocycles. The molecule has 1 aromatic heterocycles. The van der Waals surface area contributed by atoms with E-state index in [4.69, 9.17) is 9.26 Å². The average Bonchev–Trinajstić information content (AvgIpc) is 2.84. The predicted octanol–water partition coefficient (Wildman–Crippen LogP) is 0.646. The molecule has 1 saturated heterocycles. The Balaban J connectivity index is 2.18. The summed E-state index contributed by atoms with van der Waals surface area (Å²) in [5.74, 6) is 1.45. The largest absolute Gasteiger partial charge is 0.385 e. The SMILES string of the molecule is COCCC1(c2nc(C)no2)CCNC1. The summed E-state index contributed by atoms with van der Waals surface area (Å²) >= 11 is 0. The highest BCUT2D eigenvalue weighted by molar-refractivity contribution is 5.09. The fourth-order valence-corrected chi connectivity index (χ4v) is 2.06. The maximum absolute atomic E-state index is 5.29. The molecule has 84 valence electrons. The third-order valence-corrected chi connectivity index (χ3v) is 3.01. The highest BCUT2D eigenvalue weighted by Gasteiger charge is 2.40. The van der Waals surface area contributed by atoms with Crippen molar-refractivity contribution >= 4 is 0 Å². The van der Waals surface area contributed by atoms with Gasteiger partial charge in [0, 0.05) is 20.3 Å². The van der Waals surface area contributed by atoms with Crippen LogP contribution in [0, 0.1) is 6.92 Å². The molecule has 0 bridgehead atoms. The van der Waals surface area contributed by atoms with E-state index in [-0.39, 0.29) is 5.41 Å². The lowest BCUT2D eigenvalue weighted by Crippen LogP contribution is -2.31. The van der Waals surface area contributed by atoms with Crippen molar-refractivity contribution in [2.24, 2.45) is 0 Å². The van der Waals surface area contributed by atoms with Gasteiger partial charge in [0.15, 0.2) is 5.82 Å². The van der Waals surface area contributed by atoms with Gasteiger partial charge in [-0.25, -0.2) is 0 Å². The number of nitrogens with one attached hydrogen (secondary N) is 1. The normalized spacial score (nSPS) is 26.0. The van der Waals surface area contributed by atoms with E-state index in [0.717, 1.165) is 38.4 Å². The molecule has 1 aromatic rings. The lowest BCUT2D eigenvalue weighted by atomic mass is 9.83. The zero-order valence-electron chi connectivity index (χ0n) is 9.25. The quantitative estimate of drug-likeness (QED) is 0.792. The first-order valence-corrected chi connectivity index (χ1v) is 5.27. The van der Waals surface area contributed by atoms with Crippen molar-refractivity contribution in [1.29, 1.82) is 0 Å². The Hall–Kier alpha value is -0.940. The van der Waals surface area contributed by atoms with E-state index in [2.05, 4.69) is 15.5 Å². The number of aromatic nitrogens is 2. The molecular weight excluding hydrogens is 194 g/mol. The molecule has 5 nitrogen and oxygen atoms in total. The van der Waals surface area contributed by atoms with Crippen LogP contribution in [0.1, 0.15) is 24.6 Å². The molecule has 2 rings (SSSR count). The zero-order valence-corrected chi connectivity index (χ0v) is 9.25. The van der Waals surface area contributed by atoms with Crippen molar-refractivity contribution in [2.75, 3.05) is 26.8 Å². The van der Waals surface area contributed by atoms with Crippen LogP contribution < -0.4 is 5.32 Å². The minimum Gasteiger partial charge on any atom is -0.385 e. The van der Waals surface area contributed by atoms with Gasteiger partial charge in [-0.2, -0.15) is 4.98 Å². The molecule has 0 aliphatic carbocycles. The fourth-order valence-electron chi connectivity index (χ4n) is 2.06. The first kappa shape index (κ1) is 10.6. The second-order valence-electron chi connectivity index (χ2n) is 4.10. The number of nitrogens with zero attached hydrogens (tertiary/aromatic N) is 2. The van der Waals surface area contributed by atoms with Gasteiger partial charge in [0.25, 0.3) is 0 Å². The van der Waals surface area contributed by atoms with Crippen LogP contribution >= 0.6 is 0 Å². The summed E-state index contributed by atoms with van der Waals surface area (Å²) in [6, 6.07) is 0. The minimum atomic E-state index is -0.0166. The smallest absolute Gasteiger partial charge is 0.234 e. The van der Waals surface area contributed by atoms with Crippen molar-refractivity contribution in [2.45, 2.75) is 25.2 Å².